The summed E-state index contributed by atoms with van der Waals surface area (Å²) in [5.41, 5.74) is 6.41. The lowest BCUT2D eigenvalue weighted by Crippen LogP contribution is -2.15. The molecule has 110 valence electrons. The summed E-state index contributed by atoms with van der Waals surface area (Å²) >= 11 is 5.69. The predicted octanol–water partition coefficient (Wildman–Crippen LogP) is 1.94. The molecule has 0 unspecified atom stereocenters. The number of nitrogens with zero attached hydrogens (tertiary/aromatic N) is 1. The molecule has 21 heavy (non-hydrogen) atoms. The molecule has 1 aromatic heterocycles. The van der Waals surface area contributed by atoms with Crippen molar-refractivity contribution in [3.8, 4) is 0 Å². The minimum Gasteiger partial charge on any atom is -0.366 e. The van der Waals surface area contributed by atoms with E-state index in [1.807, 2.05) is 0 Å². The molecular formula is C13H12ClN3O3S. The number of nitrogens with one attached hydrogen (secondary N) is 1. The number of benzene rings is 1. The van der Waals surface area contributed by atoms with Gasteiger partial charge in [0.15, 0.2) is 0 Å². The second kappa shape index (κ2) is 5.71. The molecule has 2 aromatic rings. The van der Waals surface area contributed by atoms with E-state index >= 15 is 0 Å². The van der Waals surface area contributed by atoms with Gasteiger partial charge >= 0.3 is 0 Å². The van der Waals surface area contributed by atoms with Crippen LogP contribution in [0.4, 0.5) is 5.69 Å². The van der Waals surface area contributed by atoms with E-state index in [1.165, 1.54) is 36.5 Å². The van der Waals surface area contributed by atoms with Gasteiger partial charge in [0.05, 0.1) is 10.6 Å². The lowest BCUT2D eigenvalue weighted by molar-refractivity contribution is 0.1000. The Kier molecular flexibility index (Phi) is 4.15. The number of anilines is 1. The molecule has 0 saturated carbocycles. The Bertz CT molecular complexity index is 806. The number of carbonyl (C=O) groups is 1. The Labute approximate surface area is 127 Å². The van der Waals surface area contributed by atoms with Crippen LogP contribution in [0, 0.1) is 6.92 Å². The van der Waals surface area contributed by atoms with Gasteiger partial charge in [-0.3, -0.25) is 9.52 Å². The molecule has 0 aliphatic rings. The third kappa shape index (κ3) is 3.50. The first-order valence-electron chi connectivity index (χ1n) is 5.84. The summed E-state index contributed by atoms with van der Waals surface area (Å²) in [7, 11) is -3.78. The van der Waals surface area contributed by atoms with Crippen molar-refractivity contribution >= 4 is 33.2 Å². The SMILES string of the molecule is Cc1cc(C(N)=O)ccc1NS(=O)(=O)c1ccnc(Cl)c1. The molecule has 1 heterocycles. The van der Waals surface area contributed by atoms with Crippen LogP contribution < -0.4 is 10.5 Å². The van der Waals surface area contributed by atoms with Gasteiger partial charge in [0.25, 0.3) is 10.0 Å². The number of nitrogens with two attached hydrogens (primary N) is 1. The van der Waals surface area contributed by atoms with E-state index in [-0.39, 0.29) is 10.0 Å². The van der Waals surface area contributed by atoms with Gasteiger partial charge in [0.2, 0.25) is 5.91 Å². The zero-order valence-electron chi connectivity index (χ0n) is 11.0. The maximum atomic E-state index is 12.2. The lowest BCUT2D eigenvalue weighted by atomic mass is 10.1. The van der Waals surface area contributed by atoms with Crippen molar-refractivity contribution in [1.29, 1.82) is 0 Å². The topological polar surface area (TPSA) is 102 Å². The third-order valence-electron chi connectivity index (χ3n) is 2.76. The molecule has 0 radical (unpaired) electrons. The molecule has 0 bridgehead atoms. The fraction of sp³-hybridized carbons (Fsp3) is 0.0769. The molecule has 0 spiro atoms. The Morgan fingerprint density at radius 2 is 2.00 bits per heavy atom. The van der Waals surface area contributed by atoms with E-state index in [2.05, 4.69) is 9.71 Å². The van der Waals surface area contributed by atoms with Gasteiger partial charge in [0, 0.05) is 11.8 Å². The normalized spacial score (nSPS) is 11.1. The van der Waals surface area contributed by atoms with Crippen LogP contribution >= 0.6 is 11.6 Å². The van der Waals surface area contributed by atoms with Crippen molar-refractivity contribution in [3.63, 3.8) is 0 Å². The summed E-state index contributed by atoms with van der Waals surface area (Å²) in [6.07, 6.45) is 1.31. The fourth-order valence-electron chi connectivity index (χ4n) is 1.69. The summed E-state index contributed by atoms with van der Waals surface area (Å²) in [6.45, 7) is 1.67. The largest absolute Gasteiger partial charge is 0.366 e. The van der Waals surface area contributed by atoms with Gasteiger partial charge in [-0.1, -0.05) is 11.6 Å². The van der Waals surface area contributed by atoms with Gasteiger partial charge in [-0.05, 0) is 42.8 Å². The number of hydrogen-bond donors (Lipinski definition) is 2. The van der Waals surface area contributed by atoms with E-state index in [9.17, 15) is 13.2 Å². The number of halogens is 1. The van der Waals surface area contributed by atoms with Crippen LogP contribution in [0.2, 0.25) is 5.15 Å². The number of amides is 1. The molecule has 0 aliphatic heterocycles. The standard InChI is InChI=1S/C13H12ClN3O3S/c1-8-6-9(13(15)18)2-3-11(8)17-21(19,20)10-4-5-16-12(14)7-10/h2-7,17H,1H3,(H2,15,18). The molecule has 2 rings (SSSR count). The monoisotopic (exact) mass is 325 g/mol. The molecule has 3 N–H and O–H groups in total. The zero-order valence-corrected chi connectivity index (χ0v) is 12.6. The number of aromatic nitrogens is 1. The Morgan fingerprint density at radius 3 is 2.57 bits per heavy atom. The smallest absolute Gasteiger partial charge is 0.262 e. The Hall–Kier alpha value is -2.12. The van der Waals surface area contributed by atoms with Crippen LogP contribution in [-0.2, 0) is 10.0 Å². The van der Waals surface area contributed by atoms with E-state index in [1.54, 1.807) is 6.92 Å². The number of sulfonamides is 1. The number of pyridine rings is 1. The van der Waals surface area contributed by atoms with Gasteiger partial charge in [-0.25, -0.2) is 13.4 Å². The molecule has 0 aliphatic carbocycles. The quantitative estimate of drug-likeness (QED) is 0.838. The van der Waals surface area contributed by atoms with Crippen molar-refractivity contribution in [3.05, 3.63) is 52.8 Å². The molecule has 0 atom stereocenters. The van der Waals surface area contributed by atoms with Crippen molar-refractivity contribution < 1.29 is 13.2 Å². The fourth-order valence-corrected chi connectivity index (χ4v) is 3.07. The van der Waals surface area contributed by atoms with Crippen LogP contribution in [0.3, 0.4) is 0 Å². The van der Waals surface area contributed by atoms with Gasteiger partial charge < -0.3 is 5.73 Å². The highest BCUT2D eigenvalue weighted by molar-refractivity contribution is 7.92. The van der Waals surface area contributed by atoms with Crippen molar-refractivity contribution in [2.24, 2.45) is 5.73 Å². The first kappa shape index (κ1) is 15.3. The van der Waals surface area contributed by atoms with Crippen LogP contribution in [0.15, 0.2) is 41.4 Å². The van der Waals surface area contributed by atoms with Gasteiger partial charge in [-0.2, -0.15) is 0 Å². The summed E-state index contributed by atoms with van der Waals surface area (Å²) in [5, 5.41) is 0.0821. The summed E-state index contributed by atoms with van der Waals surface area (Å²) in [5.74, 6) is -0.576. The number of primary amides is 1. The predicted molar refractivity (Wildman–Crippen MR) is 79.8 cm³/mol. The molecule has 0 fully saturated rings. The van der Waals surface area contributed by atoms with Crippen molar-refractivity contribution in [2.45, 2.75) is 11.8 Å². The second-order valence-electron chi connectivity index (χ2n) is 4.31. The number of hydrogen-bond acceptors (Lipinski definition) is 4. The molecule has 0 saturated heterocycles. The molecular weight excluding hydrogens is 314 g/mol. The first-order chi connectivity index (χ1) is 9.79. The summed E-state index contributed by atoms with van der Waals surface area (Å²) < 4.78 is 26.9. The zero-order chi connectivity index (χ0) is 15.6. The van der Waals surface area contributed by atoms with Crippen LogP contribution in [0.1, 0.15) is 15.9 Å². The van der Waals surface area contributed by atoms with Crippen LogP contribution in [-0.4, -0.2) is 19.3 Å². The maximum Gasteiger partial charge on any atom is 0.262 e. The number of carbonyl (C=O) groups excluding carboxylic acids is 1. The highest BCUT2D eigenvalue weighted by Crippen LogP contribution is 2.21. The molecule has 8 heteroatoms. The van der Waals surface area contributed by atoms with E-state index in [0.29, 0.717) is 16.8 Å². The van der Waals surface area contributed by atoms with E-state index in [4.69, 9.17) is 17.3 Å². The Morgan fingerprint density at radius 1 is 1.29 bits per heavy atom. The van der Waals surface area contributed by atoms with Crippen molar-refractivity contribution in [2.75, 3.05) is 4.72 Å². The van der Waals surface area contributed by atoms with Crippen LogP contribution in [0.25, 0.3) is 0 Å². The van der Waals surface area contributed by atoms with E-state index in [0.717, 1.165) is 0 Å². The molecule has 1 amide bonds. The lowest BCUT2D eigenvalue weighted by Gasteiger charge is -2.11. The minimum absolute atomic E-state index is 0.000813. The Balaban J connectivity index is 2.35. The summed E-state index contributed by atoms with van der Waals surface area (Å²) in [4.78, 5) is 14.8. The number of aryl methyl sites for hydroxylation is 1. The average Bonchev–Trinajstić information content (AvgIpc) is 2.40. The van der Waals surface area contributed by atoms with Crippen molar-refractivity contribution in [1.82, 2.24) is 4.98 Å². The average molecular weight is 326 g/mol. The maximum absolute atomic E-state index is 12.2. The van der Waals surface area contributed by atoms with Gasteiger partial charge in [0.1, 0.15) is 5.15 Å². The minimum atomic E-state index is -3.78. The van der Waals surface area contributed by atoms with E-state index < -0.39 is 15.9 Å². The summed E-state index contributed by atoms with van der Waals surface area (Å²) in [6, 6.07) is 7.03. The first-order valence-corrected chi connectivity index (χ1v) is 7.70. The highest BCUT2D eigenvalue weighted by Gasteiger charge is 2.16. The van der Waals surface area contributed by atoms with Gasteiger partial charge in [-0.15, -0.1) is 0 Å². The molecule has 1 aromatic carbocycles. The van der Waals surface area contributed by atoms with Crippen LogP contribution in [0.5, 0.6) is 0 Å². The number of rotatable bonds is 4. The third-order valence-corrected chi connectivity index (χ3v) is 4.33. The highest BCUT2D eigenvalue weighted by atomic mass is 35.5. The second-order valence-corrected chi connectivity index (χ2v) is 6.38. The molecule has 6 nitrogen and oxygen atoms in total.